The molecule has 7 nitrogen and oxygen atoms in total. The molecule has 0 fully saturated rings. The number of carboxylic acid groups (broad SMARTS) is 1. The maximum atomic E-state index is 12.5. The molecule has 2 aromatic rings. The predicted octanol–water partition coefficient (Wildman–Crippen LogP) is 1.68. The molecule has 0 spiro atoms. The lowest BCUT2D eigenvalue weighted by Gasteiger charge is -2.18. The van der Waals surface area contributed by atoms with Gasteiger partial charge in [-0.2, -0.15) is 0 Å². The van der Waals surface area contributed by atoms with Gasteiger partial charge in [-0.05, 0) is 36.1 Å². The highest BCUT2D eigenvalue weighted by Crippen LogP contribution is 2.11. The second-order valence-corrected chi connectivity index (χ2v) is 7.91. The molecule has 1 atom stereocenters. The first-order chi connectivity index (χ1) is 12.7. The van der Waals surface area contributed by atoms with Crippen LogP contribution in [-0.4, -0.2) is 31.4 Å². The first-order valence-electron chi connectivity index (χ1n) is 8.39. The maximum Gasteiger partial charge on any atom is 0.303 e. The lowest BCUT2D eigenvalue weighted by Crippen LogP contribution is -2.37. The Morgan fingerprint density at radius 2 is 1.63 bits per heavy atom. The number of carboxylic acids is 1. The zero-order valence-corrected chi connectivity index (χ0v) is 15.5. The third-order valence-corrected chi connectivity index (χ3v) is 4.69. The first kappa shape index (κ1) is 20.6. The minimum Gasteiger partial charge on any atom is -0.481 e. The number of aliphatic carboxylic acids is 1. The van der Waals surface area contributed by atoms with Crippen molar-refractivity contribution in [3.63, 3.8) is 0 Å². The molecule has 2 rings (SSSR count). The van der Waals surface area contributed by atoms with Gasteiger partial charge in [-0.1, -0.05) is 42.5 Å². The van der Waals surface area contributed by atoms with Gasteiger partial charge in [0.15, 0.2) is 0 Å². The van der Waals surface area contributed by atoms with Gasteiger partial charge >= 0.3 is 5.97 Å². The van der Waals surface area contributed by atoms with Crippen LogP contribution in [-0.2, 0) is 27.0 Å². The third kappa shape index (κ3) is 7.59. The van der Waals surface area contributed by atoms with Crippen molar-refractivity contribution in [3.05, 3.63) is 71.3 Å². The average Bonchev–Trinajstić information content (AvgIpc) is 2.59. The molecular formula is C19H22N2O5S. The fraction of sp³-hybridized carbons (Fsp3) is 0.263. The third-order valence-electron chi connectivity index (χ3n) is 3.95. The molecule has 27 heavy (non-hydrogen) atoms. The number of nitrogens with one attached hydrogen (secondary N) is 1. The van der Waals surface area contributed by atoms with E-state index in [1.54, 1.807) is 0 Å². The fourth-order valence-corrected chi connectivity index (χ4v) is 3.33. The molecule has 4 N–H and O–H groups in total. The van der Waals surface area contributed by atoms with Gasteiger partial charge in [0.05, 0.1) is 5.75 Å². The number of benzene rings is 2. The van der Waals surface area contributed by atoms with Crippen LogP contribution in [0.2, 0.25) is 0 Å². The largest absolute Gasteiger partial charge is 0.481 e. The Kier molecular flexibility index (Phi) is 7.09. The molecule has 0 aliphatic heterocycles. The molecule has 144 valence electrons. The highest BCUT2D eigenvalue weighted by Gasteiger charge is 2.16. The van der Waals surface area contributed by atoms with E-state index < -0.39 is 16.0 Å². The number of nitrogens with two attached hydrogens (primary N) is 1. The molecule has 0 aliphatic carbocycles. The van der Waals surface area contributed by atoms with E-state index in [0.29, 0.717) is 24.0 Å². The number of amides is 1. The summed E-state index contributed by atoms with van der Waals surface area (Å²) < 4.78 is 22.2. The summed E-state index contributed by atoms with van der Waals surface area (Å²) in [7, 11) is -3.64. The van der Waals surface area contributed by atoms with E-state index in [2.05, 4.69) is 5.32 Å². The quantitative estimate of drug-likeness (QED) is 0.600. The van der Waals surface area contributed by atoms with Gasteiger partial charge in [0.2, 0.25) is 10.0 Å². The zero-order chi connectivity index (χ0) is 19.9. The van der Waals surface area contributed by atoms with Crippen LogP contribution in [0, 0.1) is 0 Å². The Hall–Kier alpha value is -2.71. The van der Waals surface area contributed by atoms with E-state index in [1.165, 1.54) is 24.3 Å². The fourth-order valence-electron chi connectivity index (χ4n) is 2.67. The topological polar surface area (TPSA) is 127 Å². The summed E-state index contributed by atoms with van der Waals surface area (Å²) in [5.41, 5.74) is 1.85. The molecule has 0 aliphatic rings. The Labute approximate surface area is 158 Å². The van der Waals surface area contributed by atoms with Gasteiger partial charge in [-0.3, -0.25) is 9.59 Å². The molecule has 0 saturated carbocycles. The standard InChI is InChI=1S/C19H22N2O5S/c20-27(25,26)13-15-6-8-16(9-7-15)19(24)21-17(10-11-18(22)23)12-14-4-2-1-3-5-14/h1-9,17H,10-13H2,(H,21,24)(H,22,23)(H2,20,25,26). The van der Waals surface area contributed by atoms with Crippen molar-refractivity contribution in [2.24, 2.45) is 5.14 Å². The number of sulfonamides is 1. The van der Waals surface area contributed by atoms with E-state index >= 15 is 0 Å². The summed E-state index contributed by atoms with van der Waals surface area (Å²) >= 11 is 0. The summed E-state index contributed by atoms with van der Waals surface area (Å²) in [6, 6.07) is 15.3. The first-order valence-corrected chi connectivity index (χ1v) is 10.1. The van der Waals surface area contributed by atoms with Gasteiger partial charge in [0.25, 0.3) is 5.91 Å². The lowest BCUT2D eigenvalue weighted by molar-refractivity contribution is -0.137. The number of rotatable bonds is 9. The normalized spacial score (nSPS) is 12.3. The molecule has 1 unspecified atom stereocenters. The van der Waals surface area contributed by atoms with Crippen LogP contribution in [0.5, 0.6) is 0 Å². The second-order valence-electron chi connectivity index (χ2n) is 6.30. The molecule has 8 heteroatoms. The molecule has 0 bridgehead atoms. The number of carbonyl (C=O) groups excluding carboxylic acids is 1. The van der Waals surface area contributed by atoms with Crippen molar-refractivity contribution < 1.29 is 23.1 Å². The Morgan fingerprint density at radius 3 is 2.19 bits per heavy atom. The average molecular weight is 390 g/mol. The van der Waals surface area contributed by atoms with Crippen LogP contribution in [0.25, 0.3) is 0 Å². The number of hydrogen-bond acceptors (Lipinski definition) is 4. The Bertz CT molecular complexity index is 880. The molecule has 0 aromatic heterocycles. The summed E-state index contributed by atoms with van der Waals surface area (Å²) in [5, 5.41) is 16.8. The van der Waals surface area contributed by atoms with Crippen LogP contribution in [0.1, 0.15) is 34.3 Å². The van der Waals surface area contributed by atoms with Crippen molar-refractivity contribution in [2.45, 2.75) is 31.1 Å². The minimum absolute atomic E-state index is 0.0505. The lowest BCUT2D eigenvalue weighted by atomic mass is 10.0. The molecule has 0 saturated heterocycles. The zero-order valence-electron chi connectivity index (χ0n) is 14.7. The summed E-state index contributed by atoms with van der Waals surface area (Å²) in [6.07, 6.45) is 0.772. The monoisotopic (exact) mass is 390 g/mol. The van der Waals surface area contributed by atoms with Crippen LogP contribution >= 0.6 is 0 Å². The highest BCUT2D eigenvalue weighted by atomic mass is 32.2. The van der Waals surface area contributed by atoms with Gasteiger partial charge in [-0.15, -0.1) is 0 Å². The highest BCUT2D eigenvalue weighted by molar-refractivity contribution is 7.88. The second kappa shape index (κ2) is 9.29. The van der Waals surface area contributed by atoms with E-state index in [9.17, 15) is 18.0 Å². The Morgan fingerprint density at radius 1 is 1.00 bits per heavy atom. The molecular weight excluding hydrogens is 368 g/mol. The molecule has 1 amide bonds. The van der Waals surface area contributed by atoms with Gasteiger partial charge in [-0.25, -0.2) is 13.6 Å². The number of primary sulfonamides is 1. The van der Waals surface area contributed by atoms with Crippen molar-refractivity contribution >= 4 is 21.9 Å². The maximum absolute atomic E-state index is 12.5. The van der Waals surface area contributed by atoms with Crippen molar-refractivity contribution in [3.8, 4) is 0 Å². The van der Waals surface area contributed by atoms with E-state index in [0.717, 1.165) is 5.56 Å². The number of carbonyl (C=O) groups is 2. The van der Waals surface area contributed by atoms with Gasteiger partial charge in [0, 0.05) is 18.0 Å². The number of hydrogen-bond donors (Lipinski definition) is 3. The van der Waals surface area contributed by atoms with Crippen LogP contribution in [0.15, 0.2) is 54.6 Å². The summed E-state index contributed by atoms with van der Waals surface area (Å²) in [4.78, 5) is 23.4. The summed E-state index contributed by atoms with van der Waals surface area (Å²) in [6.45, 7) is 0. The minimum atomic E-state index is -3.64. The summed E-state index contributed by atoms with van der Waals surface area (Å²) in [5.74, 6) is -1.57. The molecule has 0 heterocycles. The molecule has 2 aromatic carbocycles. The van der Waals surface area contributed by atoms with Crippen molar-refractivity contribution in [1.29, 1.82) is 0 Å². The van der Waals surface area contributed by atoms with E-state index in [-0.39, 0.29) is 24.1 Å². The molecule has 0 radical (unpaired) electrons. The van der Waals surface area contributed by atoms with Crippen LogP contribution < -0.4 is 10.5 Å². The predicted molar refractivity (Wildman–Crippen MR) is 102 cm³/mol. The SMILES string of the molecule is NS(=O)(=O)Cc1ccc(C(=O)NC(CCC(=O)O)Cc2ccccc2)cc1. The van der Waals surface area contributed by atoms with E-state index in [4.69, 9.17) is 10.2 Å². The van der Waals surface area contributed by atoms with Gasteiger partial charge in [0.1, 0.15) is 0 Å². The van der Waals surface area contributed by atoms with Crippen molar-refractivity contribution in [1.82, 2.24) is 5.32 Å². The van der Waals surface area contributed by atoms with Crippen molar-refractivity contribution in [2.75, 3.05) is 0 Å². The Balaban J connectivity index is 2.06. The van der Waals surface area contributed by atoms with Crippen LogP contribution in [0.3, 0.4) is 0 Å². The smallest absolute Gasteiger partial charge is 0.303 e. The van der Waals surface area contributed by atoms with E-state index in [1.807, 2.05) is 30.3 Å². The van der Waals surface area contributed by atoms with Crippen LogP contribution in [0.4, 0.5) is 0 Å². The van der Waals surface area contributed by atoms with Gasteiger partial charge < -0.3 is 10.4 Å².